The molecule has 8 nitrogen and oxygen atoms in total. The minimum atomic E-state index is -1.22. The molecule has 2 rings (SSSR count). The molecule has 1 amide bonds. The van der Waals surface area contributed by atoms with Gasteiger partial charge in [0.25, 0.3) is 11.6 Å². The molecule has 2 N–H and O–H groups in total. The van der Waals surface area contributed by atoms with Crippen LogP contribution in [0.15, 0.2) is 42.5 Å². The molecule has 2 aromatic rings. The van der Waals surface area contributed by atoms with Crippen LogP contribution in [0, 0.1) is 17.0 Å². The van der Waals surface area contributed by atoms with Crippen molar-refractivity contribution in [3.63, 3.8) is 0 Å². The number of aryl methyl sites for hydroxylation is 1. The third-order valence-corrected chi connectivity index (χ3v) is 3.38. The van der Waals surface area contributed by atoms with Crippen LogP contribution in [-0.2, 0) is 9.53 Å². The van der Waals surface area contributed by atoms with Gasteiger partial charge >= 0.3 is 5.97 Å². The average Bonchev–Trinajstić information content (AvgIpc) is 2.57. The first-order valence-corrected chi connectivity index (χ1v) is 7.34. The van der Waals surface area contributed by atoms with Gasteiger partial charge in [0.05, 0.1) is 4.92 Å². The van der Waals surface area contributed by atoms with Crippen LogP contribution in [-0.4, -0.2) is 28.0 Å². The van der Waals surface area contributed by atoms with Crippen molar-refractivity contribution in [1.29, 1.82) is 0 Å². The number of para-hydroxylation sites is 2. The number of rotatable bonds is 5. The van der Waals surface area contributed by atoms with E-state index in [9.17, 15) is 24.8 Å². The van der Waals surface area contributed by atoms with Crippen LogP contribution in [0.1, 0.15) is 22.8 Å². The lowest BCUT2D eigenvalue weighted by atomic mass is 10.1. The average molecular weight is 344 g/mol. The molecule has 8 heteroatoms. The predicted molar refractivity (Wildman–Crippen MR) is 89.4 cm³/mol. The summed E-state index contributed by atoms with van der Waals surface area (Å²) in [6.45, 7) is 3.07. The number of anilines is 1. The Bertz CT molecular complexity index is 834. The summed E-state index contributed by atoms with van der Waals surface area (Å²) in [4.78, 5) is 34.5. The van der Waals surface area contributed by atoms with Gasteiger partial charge in [-0.25, -0.2) is 4.79 Å². The Balaban J connectivity index is 2.09. The van der Waals surface area contributed by atoms with E-state index < -0.39 is 22.9 Å². The monoisotopic (exact) mass is 344 g/mol. The Hall–Kier alpha value is -3.42. The summed E-state index contributed by atoms with van der Waals surface area (Å²) in [5.41, 5.74) is 0.400. The van der Waals surface area contributed by atoms with Crippen LogP contribution < -0.4 is 5.32 Å². The van der Waals surface area contributed by atoms with Crippen molar-refractivity contribution < 1.29 is 24.4 Å². The van der Waals surface area contributed by atoms with E-state index in [1.54, 1.807) is 13.0 Å². The molecule has 0 saturated carbocycles. The van der Waals surface area contributed by atoms with Crippen molar-refractivity contribution in [2.45, 2.75) is 20.0 Å². The quantitative estimate of drug-likeness (QED) is 0.489. The molecule has 0 fully saturated rings. The number of nitrogens with zero attached hydrogens (tertiary/aromatic N) is 1. The number of esters is 1. The summed E-state index contributed by atoms with van der Waals surface area (Å²) in [5.74, 6) is -1.86. The number of benzene rings is 2. The highest BCUT2D eigenvalue weighted by molar-refractivity contribution is 5.99. The summed E-state index contributed by atoms with van der Waals surface area (Å²) in [6, 6.07) is 10.0. The molecule has 0 spiro atoms. The molecule has 0 bridgehead atoms. The highest BCUT2D eigenvalue weighted by atomic mass is 16.6. The van der Waals surface area contributed by atoms with E-state index in [2.05, 4.69) is 5.32 Å². The van der Waals surface area contributed by atoms with Crippen molar-refractivity contribution >= 4 is 23.3 Å². The second-order valence-corrected chi connectivity index (χ2v) is 5.33. The molecule has 0 aliphatic heterocycles. The molecular weight excluding hydrogens is 328 g/mol. The molecule has 130 valence electrons. The zero-order valence-corrected chi connectivity index (χ0v) is 13.6. The summed E-state index contributed by atoms with van der Waals surface area (Å²) in [7, 11) is 0. The fourth-order valence-corrected chi connectivity index (χ4v) is 2.06. The number of nitrogens with one attached hydrogen (secondary N) is 1. The van der Waals surface area contributed by atoms with E-state index in [0.29, 0.717) is 0 Å². The smallest absolute Gasteiger partial charge is 0.342 e. The van der Waals surface area contributed by atoms with Crippen LogP contribution in [0.4, 0.5) is 11.4 Å². The van der Waals surface area contributed by atoms with Crippen molar-refractivity contribution in [1.82, 2.24) is 0 Å². The minimum absolute atomic E-state index is 0.00111. The molecular formula is C17H16N2O6. The van der Waals surface area contributed by atoms with E-state index in [1.807, 2.05) is 0 Å². The van der Waals surface area contributed by atoms with Crippen molar-refractivity contribution in [2.24, 2.45) is 0 Å². The Kier molecular flexibility index (Phi) is 5.33. The fraction of sp³-hybridized carbons (Fsp3) is 0.176. The van der Waals surface area contributed by atoms with Crippen molar-refractivity contribution in [2.75, 3.05) is 5.32 Å². The van der Waals surface area contributed by atoms with Crippen LogP contribution in [0.2, 0.25) is 0 Å². The summed E-state index contributed by atoms with van der Waals surface area (Å²) >= 11 is 0. The number of nitro benzene ring substituents is 1. The Morgan fingerprint density at radius 2 is 1.92 bits per heavy atom. The standard InChI is InChI=1S/C17H16N2O6/c1-10-7-8-15(20)12(9-10)17(22)25-11(2)16(21)18-13-5-3-4-6-14(13)19(23)24/h3-9,11,20H,1-2H3,(H,18,21)/t11-/m1/s1. The van der Waals surface area contributed by atoms with Crippen molar-refractivity contribution in [3.8, 4) is 5.75 Å². The second kappa shape index (κ2) is 7.43. The Labute approximate surface area is 143 Å². The predicted octanol–water partition coefficient (Wildman–Crippen LogP) is 2.79. The maximum atomic E-state index is 12.1. The molecule has 25 heavy (non-hydrogen) atoms. The Morgan fingerprint density at radius 1 is 1.24 bits per heavy atom. The molecule has 0 aliphatic carbocycles. The lowest BCUT2D eigenvalue weighted by Gasteiger charge is -2.14. The summed E-state index contributed by atoms with van der Waals surface area (Å²) in [6.07, 6.45) is -1.22. The number of phenols is 1. The topological polar surface area (TPSA) is 119 Å². The number of carbonyl (C=O) groups is 2. The van der Waals surface area contributed by atoms with E-state index in [4.69, 9.17) is 4.74 Å². The van der Waals surface area contributed by atoms with Gasteiger partial charge in [0.1, 0.15) is 17.0 Å². The molecule has 0 unspecified atom stereocenters. The second-order valence-electron chi connectivity index (χ2n) is 5.33. The molecule has 0 aromatic heterocycles. The number of hydrogen-bond acceptors (Lipinski definition) is 6. The number of ether oxygens (including phenoxy) is 1. The van der Waals surface area contributed by atoms with Gasteiger partial charge in [0.15, 0.2) is 6.10 Å². The summed E-state index contributed by atoms with van der Waals surface area (Å²) < 4.78 is 5.03. The summed E-state index contributed by atoms with van der Waals surface area (Å²) in [5, 5.41) is 23.0. The molecule has 2 aromatic carbocycles. The van der Waals surface area contributed by atoms with Gasteiger partial charge in [-0.05, 0) is 32.0 Å². The molecule has 0 heterocycles. The van der Waals surface area contributed by atoms with Gasteiger partial charge in [0.2, 0.25) is 0 Å². The third-order valence-electron chi connectivity index (χ3n) is 3.38. The van der Waals surface area contributed by atoms with Gasteiger partial charge < -0.3 is 15.2 Å². The maximum absolute atomic E-state index is 12.1. The number of hydrogen-bond donors (Lipinski definition) is 2. The first kappa shape index (κ1) is 17.9. The Morgan fingerprint density at radius 3 is 2.60 bits per heavy atom. The number of carbonyl (C=O) groups excluding carboxylic acids is 2. The number of amides is 1. The van der Waals surface area contributed by atoms with Crippen LogP contribution in [0.3, 0.4) is 0 Å². The van der Waals surface area contributed by atoms with Gasteiger partial charge in [-0.15, -0.1) is 0 Å². The van der Waals surface area contributed by atoms with Gasteiger partial charge in [-0.2, -0.15) is 0 Å². The van der Waals surface area contributed by atoms with Gasteiger partial charge in [-0.1, -0.05) is 23.8 Å². The maximum Gasteiger partial charge on any atom is 0.342 e. The van der Waals surface area contributed by atoms with Crippen LogP contribution >= 0.6 is 0 Å². The third kappa shape index (κ3) is 4.31. The first-order chi connectivity index (χ1) is 11.8. The normalized spacial score (nSPS) is 11.4. The first-order valence-electron chi connectivity index (χ1n) is 7.34. The largest absolute Gasteiger partial charge is 0.507 e. The number of phenolic OH excluding ortho intramolecular Hbond substituents is 1. The van der Waals surface area contributed by atoms with E-state index in [1.165, 1.54) is 43.3 Å². The minimum Gasteiger partial charge on any atom is -0.507 e. The lowest BCUT2D eigenvalue weighted by Crippen LogP contribution is -2.30. The SMILES string of the molecule is Cc1ccc(O)c(C(=O)O[C@H](C)C(=O)Nc2ccccc2[N+](=O)[O-])c1. The highest BCUT2D eigenvalue weighted by Crippen LogP contribution is 2.24. The lowest BCUT2D eigenvalue weighted by molar-refractivity contribution is -0.383. The van der Waals surface area contributed by atoms with Crippen LogP contribution in [0.5, 0.6) is 5.75 Å². The molecule has 1 atom stereocenters. The van der Waals surface area contributed by atoms with Gasteiger partial charge in [-0.3, -0.25) is 14.9 Å². The van der Waals surface area contributed by atoms with E-state index >= 15 is 0 Å². The molecule has 0 saturated heterocycles. The fourth-order valence-electron chi connectivity index (χ4n) is 2.06. The van der Waals surface area contributed by atoms with E-state index in [-0.39, 0.29) is 22.7 Å². The number of aromatic hydroxyl groups is 1. The highest BCUT2D eigenvalue weighted by Gasteiger charge is 2.23. The zero-order valence-electron chi connectivity index (χ0n) is 13.6. The number of nitro groups is 1. The van der Waals surface area contributed by atoms with Gasteiger partial charge in [0, 0.05) is 6.07 Å². The molecule has 0 radical (unpaired) electrons. The zero-order chi connectivity index (χ0) is 18.6. The molecule has 0 aliphatic rings. The van der Waals surface area contributed by atoms with E-state index in [0.717, 1.165) is 5.56 Å². The van der Waals surface area contributed by atoms with Crippen LogP contribution in [0.25, 0.3) is 0 Å². The van der Waals surface area contributed by atoms with Crippen molar-refractivity contribution in [3.05, 3.63) is 63.7 Å².